The molecule has 0 bridgehead atoms. The van der Waals surface area contributed by atoms with Gasteiger partial charge in [0.2, 0.25) is 0 Å². The van der Waals surface area contributed by atoms with Crippen molar-refractivity contribution in [3.05, 3.63) is 50.2 Å². The van der Waals surface area contributed by atoms with Crippen LogP contribution in [0.2, 0.25) is 0 Å². The van der Waals surface area contributed by atoms with Crippen LogP contribution in [0.5, 0.6) is 0 Å². The molecule has 1 aliphatic rings. The number of hydrogen-bond donors (Lipinski definition) is 1. The summed E-state index contributed by atoms with van der Waals surface area (Å²) in [6, 6.07) is 8.68. The van der Waals surface area contributed by atoms with E-state index in [0.717, 1.165) is 40.7 Å². The number of hydrogen-bond acceptors (Lipinski definition) is 2. The molecule has 0 unspecified atom stereocenters. The summed E-state index contributed by atoms with van der Waals surface area (Å²) < 4.78 is 4.42. The van der Waals surface area contributed by atoms with Crippen molar-refractivity contribution >= 4 is 31.9 Å². The third-order valence-electron chi connectivity index (χ3n) is 4.32. The van der Waals surface area contributed by atoms with E-state index < -0.39 is 0 Å². The highest BCUT2D eigenvalue weighted by Gasteiger charge is 2.40. The fourth-order valence-corrected chi connectivity index (χ4v) is 3.86. The molecule has 112 valence electrons. The number of aryl methyl sites for hydroxylation is 2. The molecule has 0 spiro atoms. The van der Waals surface area contributed by atoms with Gasteiger partial charge in [-0.15, -0.1) is 0 Å². The van der Waals surface area contributed by atoms with Crippen LogP contribution in [0.25, 0.3) is 0 Å². The normalized spacial score (nSPS) is 16.8. The Kier molecular flexibility index (Phi) is 4.26. The number of aromatic nitrogens is 2. The minimum atomic E-state index is 0.172. The fourth-order valence-electron chi connectivity index (χ4n) is 3.03. The molecule has 0 radical (unpaired) electrons. The quantitative estimate of drug-likeness (QED) is 0.827. The molecule has 3 nitrogen and oxygen atoms in total. The van der Waals surface area contributed by atoms with Crippen molar-refractivity contribution in [3.63, 3.8) is 0 Å². The highest BCUT2D eigenvalue weighted by molar-refractivity contribution is 9.10. The summed E-state index contributed by atoms with van der Waals surface area (Å²) in [6.45, 7) is 7.15. The molecule has 1 aromatic heterocycles. The zero-order valence-electron chi connectivity index (χ0n) is 12.3. The zero-order valence-corrected chi connectivity index (χ0v) is 15.5. The topological polar surface area (TPSA) is 29.9 Å². The van der Waals surface area contributed by atoms with Crippen LogP contribution in [0.15, 0.2) is 33.2 Å². The minimum Gasteiger partial charge on any atom is -0.315 e. The molecule has 0 amide bonds. The molecule has 1 aliphatic heterocycles. The third-order valence-corrected chi connectivity index (χ3v) is 5.85. The lowest BCUT2D eigenvalue weighted by Gasteiger charge is -2.43. The van der Waals surface area contributed by atoms with Crippen LogP contribution in [-0.2, 0) is 18.4 Å². The second-order valence-electron chi connectivity index (χ2n) is 5.73. The van der Waals surface area contributed by atoms with Gasteiger partial charge >= 0.3 is 0 Å². The first-order valence-corrected chi connectivity index (χ1v) is 8.83. The van der Waals surface area contributed by atoms with Crippen LogP contribution in [0, 0.1) is 6.92 Å². The van der Waals surface area contributed by atoms with Crippen molar-refractivity contribution in [2.24, 2.45) is 0 Å². The maximum atomic E-state index is 4.62. The van der Waals surface area contributed by atoms with Crippen molar-refractivity contribution in [2.75, 3.05) is 13.1 Å². The summed E-state index contributed by atoms with van der Waals surface area (Å²) in [5, 5.41) is 8.07. The summed E-state index contributed by atoms with van der Waals surface area (Å²) in [5.41, 5.74) is 3.94. The molecule has 0 saturated carbocycles. The lowest BCUT2D eigenvalue weighted by molar-refractivity contribution is 0.268. The highest BCUT2D eigenvalue weighted by atomic mass is 79.9. The molecule has 2 heterocycles. The third kappa shape index (κ3) is 2.71. The molecule has 3 rings (SSSR count). The number of nitrogens with one attached hydrogen (secondary N) is 1. The number of rotatable bonds is 4. The Hall–Kier alpha value is -0.650. The Bertz CT molecular complexity index is 660. The summed E-state index contributed by atoms with van der Waals surface area (Å²) in [5.74, 6) is 0. The number of benzene rings is 1. The molecule has 1 saturated heterocycles. The Morgan fingerprint density at radius 3 is 2.67 bits per heavy atom. The van der Waals surface area contributed by atoms with Gasteiger partial charge in [0, 0.05) is 35.9 Å². The SMILES string of the molecule is CCn1nc(C)c(Br)c1CC1(c2cccc(Br)c2)CNC1. The molecule has 0 atom stereocenters. The van der Waals surface area contributed by atoms with Gasteiger partial charge in [0.25, 0.3) is 0 Å². The first-order valence-electron chi connectivity index (χ1n) is 7.24. The summed E-state index contributed by atoms with van der Waals surface area (Å²) in [7, 11) is 0. The second-order valence-corrected chi connectivity index (χ2v) is 7.44. The van der Waals surface area contributed by atoms with Crippen molar-refractivity contribution < 1.29 is 0 Å². The zero-order chi connectivity index (χ0) is 15.0. The Balaban J connectivity index is 1.99. The van der Waals surface area contributed by atoms with Crippen LogP contribution >= 0.6 is 31.9 Å². The van der Waals surface area contributed by atoms with E-state index in [4.69, 9.17) is 0 Å². The van der Waals surface area contributed by atoms with Gasteiger partial charge in [-0.2, -0.15) is 5.10 Å². The van der Waals surface area contributed by atoms with Crippen molar-refractivity contribution in [1.29, 1.82) is 0 Å². The monoisotopic (exact) mass is 411 g/mol. The highest BCUT2D eigenvalue weighted by Crippen LogP contribution is 2.36. The van der Waals surface area contributed by atoms with Crippen LogP contribution < -0.4 is 5.32 Å². The lowest BCUT2D eigenvalue weighted by atomic mass is 9.72. The predicted octanol–water partition coefficient (Wildman–Crippen LogP) is 3.82. The maximum absolute atomic E-state index is 4.62. The van der Waals surface area contributed by atoms with Crippen molar-refractivity contribution in [3.8, 4) is 0 Å². The van der Waals surface area contributed by atoms with E-state index in [9.17, 15) is 0 Å². The van der Waals surface area contributed by atoms with Gasteiger partial charge in [0.1, 0.15) is 0 Å². The van der Waals surface area contributed by atoms with Crippen LogP contribution in [0.1, 0.15) is 23.9 Å². The van der Waals surface area contributed by atoms with E-state index in [0.29, 0.717) is 0 Å². The molecular formula is C16H19Br2N3. The van der Waals surface area contributed by atoms with E-state index >= 15 is 0 Å². The molecule has 1 N–H and O–H groups in total. The maximum Gasteiger partial charge on any atom is 0.0738 e. The summed E-state index contributed by atoms with van der Waals surface area (Å²) in [6.07, 6.45) is 1.01. The average molecular weight is 413 g/mol. The minimum absolute atomic E-state index is 0.172. The van der Waals surface area contributed by atoms with Gasteiger partial charge in [0.05, 0.1) is 15.9 Å². The molecule has 2 aromatic rings. The number of nitrogens with zero attached hydrogens (tertiary/aromatic N) is 2. The molecule has 21 heavy (non-hydrogen) atoms. The van der Waals surface area contributed by atoms with Gasteiger partial charge in [-0.1, -0.05) is 28.1 Å². The van der Waals surface area contributed by atoms with E-state index in [1.807, 2.05) is 0 Å². The second kappa shape index (κ2) is 5.86. The van der Waals surface area contributed by atoms with E-state index in [1.54, 1.807) is 0 Å². The van der Waals surface area contributed by atoms with E-state index in [-0.39, 0.29) is 5.41 Å². The smallest absolute Gasteiger partial charge is 0.0738 e. The van der Waals surface area contributed by atoms with Crippen LogP contribution in [0.4, 0.5) is 0 Å². The molecular weight excluding hydrogens is 394 g/mol. The first kappa shape index (κ1) is 15.3. The molecule has 0 aliphatic carbocycles. The molecule has 1 fully saturated rings. The van der Waals surface area contributed by atoms with Gasteiger partial charge in [-0.25, -0.2) is 0 Å². The molecule has 5 heteroatoms. The van der Waals surface area contributed by atoms with Crippen LogP contribution in [-0.4, -0.2) is 22.9 Å². The molecule has 1 aromatic carbocycles. The van der Waals surface area contributed by atoms with Gasteiger partial charge in [0.15, 0.2) is 0 Å². The van der Waals surface area contributed by atoms with Crippen molar-refractivity contribution in [1.82, 2.24) is 15.1 Å². The average Bonchev–Trinajstić information content (AvgIpc) is 2.69. The van der Waals surface area contributed by atoms with Gasteiger partial charge in [-0.3, -0.25) is 4.68 Å². The van der Waals surface area contributed by atoms with E-state index in [1.165, 1.54) is 11.3 Å². The summed E-state index contributed by atoms with van der Waals surface area (Å²) >= 11 is 7.31. The first-order chi connectivity index (χ1) is 10.1. The predicted molar refractivity (Wildman–Crippen MR) is 92.7 cm³/mol. The fraction of sp³-hybridized carbons (Fsp3) is 0.438. The van der Waals surface area contributed by atoms with Gasteiger partial charge in [-0.05, 0) is 47.5 Å². The summed E-state index contributed by atoms with van der Waals surface area (Å²) in [4.78, 5) is 0. The van der Waals surface area contributed by atoms with Gasteiger partial charge < -0.3 is 5.32 Å². The van der Waals surface area contributed by atoms with Crippen molar-refractivity contribution in [2.45, 2.75) is 32.2 Å². The Labute approximate surface area is 142 Å². The number of halogens is 2. The van der Waals surface area contributed by atoms with E-state index in [2.05, 4.69) is 85.1 Å². The Morgan fingerprint density at radius 2 is 2.10 bits per heavy atom. The van der Waals surface area contributed by atoms with Crippen LogP contribution in [0.3, 0.4) is 0 Å². The lowest BCUT2D eigenvalue weighted by Crippen LogP contribution is -2.58. The largest absolute Gasteiger partial charge is 0.315 e. The Morgan fingerprint density at radius 1 is 1.33 bits per heavy atom. The standard InChI is InChI=1S/C16H19Br2N3/c1-3-21-14(15(18)11(2)20-21)8-16(9-19-10-16)12-5-4-6-13(17)7-12/h4-7,19H,3,8-10H2,1-2H3.